The number of para-hydroxylation sites is 1. The van der Waals surface area contributed by atoms with Gasteiger partial charge in [-0.25, -0.2) is 0 Å². The smallest absolute Gasteiger partial charge is 0.238 e. The van der Waals surface area contributed by atoms with Gasteiger partial charge in [0.1, 0.15) is 18.5 Å². The predicted molar refractivity (Wildman–Crippen MR) is 115 cm³/mol. The van der Waals surface area contributed by atoms with E-state index in [1.807, 2.05) is 37.8 Å². The molecular weight excluding hydrogens is 399 g/mol. The molecule has 0 heterocycles. The maximum atomic E-state index is 12.3. The summed E-state index contributed by atoms with van der Waals surface area (Å²) in [5.41, 5.74) is 2.61. The number of benzene rings is 2. The molecule has 1 atom stereocenters. The van der Waals surface area contributed by atoms with Gasteiger partial charge in [-0.2, -0.15) is 0 Å². The number of nitrogens with zero attached hydrogens (tertiary/aromatic N) is 1. The second kappa shape index (κ2) is 10.7. The number of ether oxygens (including phenoxy) is 1. The van der Waals surface area contributed by atoms with Gasteiger partial charge in [-0.05, 0) is 55.8 Å². The van der Waals surface area contributed by atoms with Crippen molar-refractivity contribution in [1.29, 1.82) is 0 Å². The van der Waals surface area contributed by atoms with E-state index in [-0.39, 0.29) is 19.1 Å². The fraction of sp³-hybridized carbons (Fsp3) is 0.381. The number of anilines is 1. The van der Waals surface area contributed by atoms with Crippen LogP contribution in [-0.4, -0.2) is 48.3 Å². The zero-order valence-corrected chi connectivity index (χ0v) is 17.8. The number of amides is 1. The minimum Gasteiger partial charge on any atom is -0.491 e. The van der Waals surface area contributed by atoms with E-state index < -0.39 is 6.10 Å². The molecule has 0 saturated carbocycles. The molecule has 152 valence electrons. The molecular formula is C21H26Cl2N2O3. The topological polar surface area (TPSA) is 61.8 Å². The number of carbonyl (C=O) groups excluding carboxylic acids is 1. The van der Waals surface area contributed by atoms with Crippen molar-refractivity contribution in [3.05, 3.63) is 57.6 Å². The lowest BCUT2D eigenvalue weighted by Gasteiger charge is -2.23. The van der Waals surface area contributed by atoms with E-state index >= 15 is 0 Å². The van der Waals surface area contributed by atoms with Crippen LogP contribution in [0.25, 0.3) is 0 Å². The lowest BCUT2D eigenvalue weighted by atomic mass is 10.1. The van der Waals surface area contributed by atoms with Crippen LogP contribution >= 0.6 is 23.2 Å². The first-order valence-corrected chi connectivity index (χ1v) is 9.89. The Labute approximate surface area is 176 Å². The highest BCUT2D eigenvalue weighted by molar-refractivity contribution is 6.39. The molecule has 2 N–H and O–H groups in total. The van der Waals surface area contributed by atoms with E-state index in [4.69, 9.17) is 27.9 Å². The normalized spacial score (nSPS) is 12.1. The summed E-state index contributed by atoms with van der Waals surface area (Å²) in [6.07, 6.45) is -0.725. The third-order valence-corrected chi connectivity index (χ3v) is 4.78. The first-order chi connectivity index (χ1) is 13.3. The monoisotopic (exact) mass is 424 g/mol. The number of halogens is 2. The molecule has 0 aliphatic rings. The van der Waals surface area contributed by atoms with Crippen LogP contribution in [0, 0.1) is 13.8 Å². The van der Waals surface area contributed by atoms with Gasteiger partial charge in [-0.3, -0.25) is 9.69 Å². The van der Waals surface area contributed by atoms with Crippen LogP contribution in [0.1, 0.15) is 18.1 Å². The van der Waals surface area contributed by atoms with Gasteiger partial charge in [0.2, 0.25) is 5.91 Å². The molecule has 1 unspecified atom stereocenters. The molecule has 1 amide bonds. The van der Waals surface area contributed by atoms with Crippen LogP contribution in [0.15, 0.2) is 36.4 Å². The van der Waals surface area contributed by atoms with Crippen LogP contribution in [0.4, 0.5) is 5.69 Å². The zero-order valence-electron chi connectivity index (χ0n) is 16.3. The fourth-order valence-electron chi connectivity index (χ4n) is 2.86. The van der Waals surface area contributed by atoms with E-state index in [9.17, 15) is 9.90 Å². The number of rotatable bonds is 9. The molecule has 0 aromatic heterocycles. The molecule has 0 bridgehead atoms. The minimum absolute atomic E-state index is 0.110. The fourth-order valence-corrected chi connectivity index (χ4v) is 3.36. The Morgan fingerprint density at radius 3 is 2.36 bits per heavy atom. The van der Waals surface area contributed by atoms with Crippen molar-refractivity contribution >= 4 is 34.8 Å². The Balaban J connectivity index is 1.86. The molecule has 28 heavy (non-hydrogen) atoms. The predicted octanol–water partition coefficient (Wildman–Crippen LogP) is 4.31. The van der Waals surface area contributed by atoms with Gasteiger partial charge in [0, 0.05) is 6.54 Å². The van der Waals surface area contributed by atoms with Crippen molar-refractivity contribution in [2.45, 2.75) is 26.9 Å². The van der Waals surface area contributed by atoms with E-state index in [2.05, 4.69) is 11.4 Å². The summed E-state index contributed by atoms with van der Waals surface area (Å²) in [7, 11) is 0. The first-order valence-electron chi connectivity index (χ1n) is 9.13. The molecule has 0 radical (unpaired) electrons. The van der Waals surface area contributed by atoms with Gasteiger partial charge in [0.25, 0.3) is 0 Å². The van der Waals surface area contributed by atoms with Crippen LogP contribution < -0.4 is 10.1 Å². The van der Waals surface area contributed by atoms with Crippen LogP contribution in [0.5, 0.6) is 5.75 Å². The highest BCUT2D eigenvalue weighted by Gasteiger charge is 2.16. The van der Waals surface area contributed by atoms with E-state index in [1.165, 1.54) is 0 Å². The van der Waals surface area contributed by atoms with E-state index in [0.717, 1.165) is 16.9 Å². The number of carbonyl (C=O) groups is 1. The van der Waals surface area contributed by atoms with Gasteiger partial charge in [0.05, 0.1) is 22.3 Å². The van der Waals surface area contributed by atoms with Crippen LogP contribution in [0.3, 0.4) is 0 Å². The molecule has 5 nitrogen and oxygen atoms in total. The van der Waals surface area contributed by atoms with Crippen LogP contribution in [0.2, 0.25) is 10.0 Å². The molecule has 0 aliphatic heterocycles. The largest absolute Gasteiger partial charge is 0.491 e. The third kappa shape index (κ3) is 6.99. The number of aliphatic hydroxyl groups is 1. The molecule has 0 aliphatic carbocycles. The summed E-state index contributed by atoms with van der Waals surface area (Å²) < 4.78 is 5.69. The van der Waals surface area contributed by atoms with Gasteiger partial charge >= 0.3 is 0 Å². The number of hydrogen-bond acceptors (Lipinski definition) is 4. The second-order valence-corrected chi connectivity index (χ2v) is 7.58. The lowest BCUT2D eigenvalue weighted by molar-refractivity contribution is -0.117. The van der Waals surface area contributed by atoms with Gasteiger partial charge in [-0.15, -0.1) is 0 Å². The average molecular weight is 425 g/mol. The Hall–Kier alpha value is -1.79. The van der Waals surface area contributed by atoms with E-state index in [1.54, 1.807) is 18.2 Å². The van der Waals surface area contributed by atoms with Crippen LogP contribution in [-0.2, 0) is 4.79 Å². The molecule has 2 rings (SSSR count). The van der Waals surface area contributed by atoms with Gasteiger partial charge in [0.15, 0.2) is 0 Å². The number of aryl methyl sites for hydroxylation is 2. The van der Waals surface area contributed by atoms with Crippen molar-refractivity contribution in [2.75, 3.05) is 31.6 Å². The second-order valence-electron chi connectivity index (χ2n) is 6.76. The highest BCUT2D eigenvalue weighted by Crippen LogP contribution is 2.29. The SMILES string of the molecule is CCN(CC(=O)Nc1c(Cl)cccc1Cl)CC(O)COc1cc(C)cc(C)c1. The Morgan fingerprint density at radius 1 is 1.18 bits per heavy atom. The van der Waals surface area contributed by atoms with Crippen molar-refractivity contribution in [1.82, 2.24) is 4.90 Å². The average Bonchev–Trinajstić information content (AvgIpc) is 2.62. The van der Waals surface area contributed by atoms with Gasteiger partial charge < -0.3 is 15.2 Å². The minimum atomic E-state index is -0.725. The van der Waals surface area contributed by atoms with Crippen molar-refractivity contribution in [3.8, 4) is 5.75 Å². The molecule has 0 spiro atoms. The molecule has 2 aromatic carbocycles. The number of likely N-dealkylation sites (N-methyl/N-ethyl adjacent to an activating group) is 1. The molecule has 2 aromatic rings. The first kappa shape index (κ1) is 22.5. The number of hydrogen-bond donors (Lipinski definition) is 2. The van der Waals surface area contributed by atoms with Crippen molar-refractivity contribution in [2.24, 2.45) is 0 Å². The zero-order chi connectivity index (χ0) is 20.7. The van der Waals surface area contributed by atoms with Crippen molar-refractivity contribution < 1.29 is 14.6 Å². The van der Waals surface area contributed by atoms with Crippen molar-refractivity contribution in [3.63, 3.8) is 0 Å². The summed E-state index contributed by atoms with van der Waals surface area (Å²) >= 11 is 12.2. The summed E-state index contributed by atoms with van der Waals surface area (Å²) in [5, 5.41) is 13.8. The Kier molecular flexibility index (Phi) is 8.58. The maximum Gasteiger partial charge on any atom is 0.238 e. The van der Waals surface area contributed by atoms with E-state index in [0.29, 0.717) is 28.8 Å². The summed E-state index contributed by atoms with van der Waals surface area (Å²) in [6.45, 7) is 7.09. The quantitative estimate of drug-likeness (QED) is 0.629. The lowest BCUT2D eigenvalue weighted by Crippen LogP contribution is -2.40. The Bertz CT molecular complexity index is 774. The standard InChI is InChI=1S/C21H26Cl2N2O3/c1-4-25(12-20(27)24-21-18(22)6-5-7-19(21)23)11-16(26)13-28-17-9-14(2)8-15(3)10-17/h5-10,16,26H,4,11-13H2,1-3H3,(H,24,27). The highest BCUT2D eigenvalue weighted by atomic mass is 35.5. The molecule has 0 saturated heterocycles. The molecule has 7 heteroatoms. The Morgan fingerprint density at radius 2 is 1.79 bits per heavy atom. The maximum absolute atomic E-state index is 12.3. The summed E-state index contributed by atoms with van der Waals surface area (Å²) in [5.74, 6) is 0.477. The number of nitrogens with one attached hydrogen (secondary N) is 1. The molecule has 0 fully saturated rings. The van der Waals surface area contributed by atoms with Gasteiger partial charge in [-0.1, -0.05) is 42.3 Å². The summed E-state index contributed by atoms with van der Waals surface area (Å²) in [4.78, 5) is 14.2. The summed E-state index contributed by atoms with van der Waals surface area (Å²) in [6, 6.07) is 11.0. The third-order valence-electron chi connectivity index (χ3n) is 4.15. The number of aliphatic hydroxyl groups excluding tert-OH is 1.